The first-order valence-electron chi connectivity index (χ1n) is 7.98. The molecule has 126 valence electrons. The monoisotopic (exact) mass is 335 g/mol. The predicted octanol–water partition coefficient (Wildman–Crippen LogP) is 2.55. The van der Waals surface area contributed by atoms with Crippen LogP contribution in [0.25, 0.3) is 10.9 Å². The SMILES string of the molecule is CCN(CC)[C@H](C)CNS(=O)(=O)c1cccc2cc(C)cnc12. The highest BCUT2D eigenvalue weighted by Gasteiger charge is 2.20. The summed E-state index contributed by atoms with van der Waals surface area (Å²) in [4.78, 5) is 6.77. The molecule has 2 aromatic rings. The lowest BCUT2D eigenvalue weighted by Gasteiger charge is -2.26. The fourth-order valence-electron chi connectivity index (χ4n) is 2.74. The number of aromatic nitrogens is 1. The molecule has 0 fully saturated rings. The Bertz CT molecular complexity index is 771. The molecule has 0 radical (unpaired) electrons. The normalized spacial score (nSPS) is 13.6. The Labute approximate surface area is 138 Å². The molecule has 0 amide bonds. The summed E-state index contributed by atoms with van der Waals surface area (Å²) >= 11 is 0. The summed E-state index contributed by atoms with van der Waals surface area (Å²) in [5, 5.41) is 0.838. The Morgan fingerprint density at radius 1 is 1.26 bits per heavy atom. The number of hydrogen-bond acceptors (Lipinski definition) is 4. The number of aryl methyl sites for hydroxylation is 1. The molecule has 1 N–H and O–H groups in total. The summed E-state index contributed by atoms with van der Waals surface area (Å²) in [5.41, 5.74) is 1.52. The number of pyridine rings is 1. The van der Waals surface area contributed by atoms with Crippen LogP contribution >= 0.6 is 0 Å². The predicted molar refractivity (Wildman–Crippen MR) is 94.1 cm³/mol. The van der Waals surface area contributed by atoms with Gasteiger partial charge in [-0.3, -0.25) is 9.88 Å². The fraction of sp³-hybridized carbons (Fsp3) is 0.471. The van der Waals surface area contributed by atoms with Crippen molar-refractivity contribution in [2.75, 3.05) is 19.6 Å². The van der Waals surface area contributed by atoms with Crippen molar-refractivity contribution in [1.82, 2.24) is 14.6 Å². The second kappa shape index (κ2) is 7.38. The molecule has 0 bridgehead atoms. The van der Waals surface area contributed by atoms with Crippen LogP contribution in [0.15, 0.2) is 35.4 Å². The Kier molecular flexibility index (Phi) is 5.73. The maximum absolute atomic E-state index is 12.7. The summed E-state index contributed by atoms with van der Waals surface area (Å²) in [6, 6.07) is 7.33. The van der Waals surface area contributed by atoms with Crippen LogP contribution in [0.2, 0.25) is 0 Å². The number of benzene rings is 1. The van der Waals surface area contributed by atoms with Crippen LogP contribution < -0.4 is 4.72 Å². The van der Waals surface area contributed by atoms with Crippen LogP contribution in [0.1, 0.15) is 26.3 Å². The number of hydrogen-bond donors (Lipinski definition) is 1. The number of nitrogens with zero attached hydrogens (tertiary/aromatic N) is 2. The zero-order valence-electron chi connectivity index (χ0n) is 14.2. The van der Waals surface area contributed by atoms with E-state index >= 15 is 0 Å². The fourth-order valence-corrected chi connectivity index (χ4v) is 4.04. The lowest BCUT2D eigenvalue weighted by Crippen LogP contribution is -2.42. The first-order chi connectivity index (χ1) is 10.9. The molecular weight excluding hydrogens is 310 g/mol. The minimum atomic E-state index is -3.58. The van der Waals surface area contributed by atoms with Crippen LogP contribution in [-0.2, 0) is 10.0 Å². The zero-order valence-corrected chi connectivity index (χ0v) is 15.0. The Balaban J connectivity index is 2.27. The summed E-state index contributed by atoms with van der Waals surface area (Å²) in [6.07, 6.45) is 1.69. The maximum atomic E-state index is 12.7. The molecule has 23 heavy (non-hydrogen) atoms. The molecule has 1 aromatic carbocycles. The maximum Gasteiger partial charge on any atom is 0.242 e. The summed E-state index contributed by atoms with van der Waals surface area (Å²) in [6.45, 7) is 10.3. The quantitative estimate of drug-likeness (QED) is 0.845. The summed E-state index contributed by atoms with van der Waals surface area (Å²) in [7, 11) is -3.58. The molecule has 0 aliphatic rings. The highest BCUT2D eigenvalue weighted by atomic mass is 32.2. The first kappa shape index (κ1) is 17.8. The molecule has 1 aromatic heterocycles. The number of sulfonamides is 1. The molecule has 0 saturated carbocycles. The van der Waals surface area contributed by atoms with E-state index in [1.165, 1.54) is 0 Å². The number of nitrogens with one attached hydrogen (secondary N) is 1. The van der Waals surface area contributed by atoms with E-state index in [4.69, 9.17) is 0 Å². The van der Waals surface area contributed by atoms with Crippen molar-refractivity contribution in [2.45, 2.75) is 38.6 Å². The smallest absolute Gasteiger partial charge is 0.242 e. The van der Waals surface area contributed by atoms with Gasteiger partial charge in [-0.25, -0.2) is 13.1 Å². The molecule has 0 saturated heterocycles. The molecule has 0 spiro atoms. The molecule has 1 atom stereocenters. The number of likely N-dealkylation sites (N-methyl/N-ethyl adjacent to an activating group) is 1. The molecule has 0 aliphatic heterocycles. The van der Waals surface area contributed by atoms with Gasteiger partial charge in [0, 0.05) is 24.2 Å². The van der Waals surface area contributed by atoms with Crippen LogP contribution in [0, 0.1) is 6.92 Å². The van der Waals surface area contributed by atoms with Crippen molar-refractivity contribution in [2.24, 2.45) is 0 Å². The molecule has 0 unspecified atom stereocenters. The van der Waals surface area contributed by atoms with Crippen molar-refractivity contribution in [3.63, 3.8) is 0 Å². The molecule has 0 aliphatic carbocycles. The highest BCUT2D eigenvalue weighted by molar-refractivity contribution is 7.89. The van der Waals surface area contributed by atoms with Gasteiger partial charge in [-0.05, 0) is 44.6 Å². The topological polar surface area (TPSA) is 62.3 Å². The van der Waals surface area contributed by atoms with Gasteiger partial charge >= 0.3 is 0 Å². The van der Waals surface area contributed by atoms with E-state index in [-0.39, 0.29) is 10.9 Å². The Morgan fingerprint density at radius 3 is 2.61 bits per heavy atom. The van der Waals surface area contributed by atoms with E-state index in [0.29, 0.717) is 12.1 Å². The zero-order chi connectivity index (χ0) is 17.0. The van der Waals surface area contributed by atoms with Crippen molar-refractivity contribution in [3.8, 4) is 0 Å². The minimum Gasteiger partial charge on any atom is -0.300 e. The third-order valence-electron chi connectivity index (χ3n) is 4.10. The van der Waals surface area contributed by atoms with Crippen LogP contribution in [0.4, 0.5) is 0 Å². The van der Waals surface area contributed by atoms with E-state index < -0.39 is 10.0 Å². The van der Waals surface area contributed by atoms with Crippen molar-refractivity contribution in [3.05, 3.63) is 36.0 Å². The van der Waals surface area contributed by atoms with E-state index in [9.17, 15) is 8.42 Å². The van der Waals surface area contributed by atoms with E-state index in [1.807, 2.05) is 26.0 Å². The van der Waals surface area contributed by atoms with Crippen molar-refractivity contribution in [1.29, 1.82) is 0 Å². The van der Waals surface area contributed by atoms with E-state index in [1.54, 1.807) is 18.3 Å². The molecule has 6 heteroatoms. The van der Waals surface area contributed by atoms with Crippen molar-refractivity contribution >= 4 is 20.9 Å². The lowest BCUT2D eigenvalue weighted by atomic mass is 10.2. The van der Waals surface area contributed by atoms with Gasteiger partial charge in [-0.1, -0.05) is 26.0 Å². The first-order valence-corrected chi connectivity index (χ1v) is 9.46. The van der Waals surface area contributed by atoms with Crippen LogP contribution in [0.3, 0.4) is 0 Å². The van der Waals surface area contributed by atoms with E-state index in [2.05, 4.69) is 28.5 Å². The number of fused-ring (bicyclic) bond motifs is 1. The van der Waals surface area contributed by atoms with Gasteiger partial charge in [0.15, 0.2) is 0 Å². The van der Waals surface area contributed by atoms with Gasteiger partial charge in [0.2, 0.25) is 10.0 Å². The van der Waals surface area contributed by atoms with Gasteiger partial charge in [0.05, 0.1) is 5.52 Å². The van der Waals surface area contributed by atoms with Gasteiger partial charge in [0.1, 0.15) is 4.90 Å². The largest absolute Gasteiger partial charge is 0.300 e. The number of para-hydroxylation sites is 1. The second-order valence-corrected chi connectivity index (χ2v) is 7.50. The van der Waals surface area contributed by atoms with Gasteiger partial charge in [0.25, 0.3) is 0 Å². The third-order valence-corrected chi connectivity index (χ3v) is 5.56. The van der Waals surface area contributed by atoms with Crippen LogP contribution in [-0.4, -0.2) is 44.0 Å². The summed E-state index contributed by atoms with van der Waals surface area (Å²) < 4.78 is 28.1. The lowest BCUT2D eigenvalue weighted by molar-refractivity contribution is 0.232. The summed E-state index contributed by atoms with van der Waals surface area (Å²) in [5.74, 6) is 0. The Morgan fingerprint density at radius 2 is 1.96 bits per heavy atom. The van der Waals surface area contributed by atoms with Gasteiger partial charge in [-0.15, -0.1) is 0 Å². The molecular formula is C17H25N3O2S. The van der Waals surface area contributed by atoms with Gasteiger partial charge < -0.3 is 0 Å². The molecule has 2 rings (SSSR count). The van der Waals surface area contributed by atoms with E-state index in [0.717, 1.165) is 24.0 Å². The standard InChI is InChI=1S/C17H25N3O2S/c1-5-20(6-2)14(4)12-19-23(21,22)16-9-7-8-15-10-13(3)11-18-17(15)16/h7-11,14,19H,5-6,12H2,1-4H3/t14-/m1/s1. The average Bonchev–Trinajstić information content (AvgIpc) is 2.53. The highest BCUT2D eigenvalue weighted by Crippen LogP contribution is 2.21. The Hall–Kier alpha value is -1.50. The minimum absolute atomic E-state index is 0.143. The van der Waals surface area contributed by atoms with Crippen LogP contribution in [0.5, 0.6) is 0 Å². The second-order valence-electron chi connectivity index (χ2n) is 5.76. The van der Waals surface area contributed by atoms with Crippen molar-refractivity contribution < 1.29 is 8.42 Å². The average molecular weight is 335 g/mol. The number of rotatable bonds is 7. The molecule has 1 heterocycles. The molecule has 5 nitrogen and oxygen atoms in total. The third kappa shape index (κ3) is 4.07. The van der Waals surface area contributed by atoms with Gasteiger partial charge in [-0.2, -0.15) is 0 Å².